The molecule has 0 aromatic rings. The second kappa shape index (κ2) is 4.43. The number of hydrogen-bond donors (Lipinski definition) is 3. The summed E-state index contributed by atoms with van der Waals surface area (Å²) in [6, 6.07) is 0. The number of aliphatic hydroxyl groups is 2. The van der Waals surface area contributed by atoms with Crippen LogP contribution in [-0.2, 0) is 0 Å². The van der Waals surface area contributed by atoms with Crippen LogP contribution in [0, 0.1) is 0 Å². The zero-order valence-electron chi connectivity index (χ0n) is 4.04. The summed E-state index contributed by atoms with van der Waals surface area (Å²) in [5.74, 6) is 0. The summed E-state index contributed by atoms with van der Waals surface area (Å²) < 4.78 is 0. The van der Waals surface area contributed by atoms with Crippen molar-refractivity contribution in [1.29, 1.82) is 0 Å². The fraction of sp³-hybridized carbons (Fsp3) is 1.00. The van der Waals surface area contributed by atoms with Gasteiger partial charge in [0.2, 0.25) is 0 Å². The zero-order chi connectivity index (χ0) is 5.70. The fourth-order valence-electron chi connectivity index (χ4n) is 0.240. The topological polar surface area (TPSA) is 40.5 Å². The Morgan fingerprint density at radius 1 is 1.43 bits per heavy atom. The SMILES string of the molecule is OCCC(S)CO. The Kier molecular flexibility index (Phi) is 4.60. The summed E-state index contributed by atoms with van der Waals surface area (Å²) in [5.41, 5.74) is 0. The molecule has 7 heavy (non-hydrogen) atoms. The summed E-state index contributed by atoms with van der Waals surface area (Å²) in [5, 5.41) is 16.4. The lowest BCUT2D eigenvalue weighted by Gasteiger charge is -2.00. The van der Waals surface area contributed by atoms with Crippen LogP contribution in [0.3, 0.4) is 0 Å². The van der Waals surface area contributed by atoms with Gasteiger partial charge in [-0.2, -0.15) is 12.6 Å². The van der Waals surface area contributed by atoms with Crippen LogP contribution in [0.4, 0.5) is 0 Å². The minimum Gasteiger partial charge on any atom is -0.396 e. The molecule has 0 heterocycles. The van der Waals surface area contributed by atoms with Gasteiger partial charge in [0.15, 0.2) is 0 Å². The van der Waals surface area contributed by atoms with Crippen LogP contribution in [0.2, 0.25) is 0 Å². The molecule has 0 spiro atoms. The van der Waals surface area contributed by atoms with Gasteiger partial charge in [-0.1, -0.05) is 0 Å². The van der Waals surface area contributed by atoms with Crippen LogP contribution in [0.15, 0.2) is 0 Å². The molecule has 2 nitrogen and oxygen atoms in total. The molecule has 0 saturated carbocycles. The Labute approximate surface area is 48.6 Å². The molecular formula is C4H10O2S. The first kappa shape index (κ1) is 7.27. The van der Waals surface area contributed by atoms with Gasteiger partial charge in [-0.15, -0.1) is 0 Å². The Balaban J connectivity index is 2.83. The number of thiol groups is 1. The van der Waals surface area contributed by atoms with E-state index in [1.54, 1.807) is 0 Å². The van der Waals surface area contributed by atoms with E-state index in [0.717, 1.165) is 0 Å². The molecule has 0 amide bonds. The molecule has 1 atom stereocenters. The lowest BCUT2D eigenvalue weighted by atomic mass is 10.3. The highest BCUT2D eigenvalue weighted by atomic mass is 32.1. The van der Waals surface area contributed by atoms with Gasteiger partial charge in [0.05, 0.1) is 6.61 Å². The van der Waals surface area contributed by atoms with E-state index in [1.165, 1.54) is 0 Å². The number of aliphatic hydroxyl groups excluding tert-OH is 2. The van der Waals surface area contributed by atoms with Crippen LogP contribution < -0.4 is 0 Å². The molecule has 3 heteroatoms. The van der Waals surface area contributed by atoms with Gasteiger partial charge in [0.1, 0.15) is 0 Å². The van der Waals surface area contributed by atoms with Crippen molar-refractivity contribution >= 4 is 12.6 Å². The Morgan fingerprint density at radius 2 is 2.00 bits per heavy atom. The molecule has 0 aromatic heterocycles. The third kappa shape index (κ3) is 4.12. The van der Waals surface area contributed by atoms with Crippen LogP contribution in [0.5, 0.6) is 0 Å². The highest BCUT2D eigenvalue weighted by Crippen LogP contribution is 1.96. The van der Waals surface area contributed by atoms with Gasteiger partial charge < -0.3 is 10.2 Å². The molecule has 0 rings (SSSR count). The second-order valence-electron chi connectivity index (χ2n) is 1.35. The molecule has 0 aliphatic rings. The molecule has 0 saturated heterocycles. The van der Waals surface area contributed by atoms with Crippen LogP contribution in [-0.4, -0.2) is 28.7 Å². The summed E-state index contributed by atoms with van der Waals surface area (Å²) in [7, 11) is 0. The smallest absolute Gasteiger partial charge is 0.0548 e. The standard InChI is InChI=1S/C4H10O2S/c5-2-1-4(7)3-6/h4-7H,1-3H2. The number of rotatable bonds is 3. The highest BCUT2D eigenvalue weighted by molar-refractivity contribution is 7.81. The largest absolute Gasteiger partial charge is 0.396 e. The van der Waals surface area contributed by atoms with Crippen molar-refractivity contribution in [3.8, 4) is 0 Å². The van der Waals surface area contributed by atoms with Gasteiger partial charge in [0, 0.05) is 11.9 Å². The predicted octanol–water partition coefficient (Wildman–Crippen LogP) is -0.341. The minimum absolute atomic E-state index is 0.0453. The normalized spacial score (nSPS) is 14.1. The van der Waals surface area contributed by atoms with E-state index >= 15 is 0 Å². The van der Waals surface area contributed by atoms with Gasteiger partial charge in [-0.05, 0) is 6.42 Å². The van der Waals surface area contributed by atoms with E-state index in [9.17, 15) is 0 Å². The van der Waals surface area contributed by atoms with E-state index in [2.05, 4.69) is 12.6 Å². The maximum absolute atomic E-state index is 8.28. The lowest BCUT2D eigenvalue weighted by molar-refractivity contribution is 0.248. The van der Waals surface area contributed by atoms with Crippen molar-refractivity contribution in [3.05, 3.63) is 0 Å². The Morgan fingerprint density at radius 3 is 2.14 bits per heavy atom. The quantitative estimate of drug-likeness (QED) is 0.448. The highest BCUT2D eigenvalue weighted by Gasteiger charge is 1.95. The van der Waals surface area contributed by atoms with Crippen molar-refractivity contribution in [1.82, 2.24) is 0 Å². The minimum atomic E-state index is -0.0509. The predicted molar refractivity (Wildman–Crippen MR) is 31.6 cm³/mol. The molecular weight excluding hydrogens is 112 g/mol. The molecule has 0 radical (unpaired) electrons. The molecule has 0 bridgehead atoms. The van der Waals surface area contributed by atoms with E-state index in [4.69, 9.17) is 10.2 Å². The first-order valence-corrected chi connectivity index (χ1v) is 2.72. The summed E-state index contributed by atoms with van der Waals surface area (Å²) in [6.45, 7) is 0.151. The average molecular weight is 122 g/mol. The van der Waals surface area contributed by atoms with Gasteiger partial charge >= 0.3 is 0 Å². The molecule has 0 aliphatic carbocycles. The average Bonchev–Trinajstić information content (AvgIpc) is 1.68. The first-order valence-electron chi connectivity index (χ1n) is 2.21. The maximum atomic E-state index is 8.28. The second-order valence-corrected chi connectivity index (χ2v) is 2.08. The molecule has 2 N–H and O–H groups in total. The van der Waals surface area contributed by atoms with Crippen molar-refractivity contribution < 1.29 is 10.2 Å². The van der Waals surface area contributed by atoms with Crippen LogP contribution in [0.1, 0.15) is 6.42 Å². The van der Waals surface area contributed by atoms with Gasteiger partial charge in [0.25, 0.3) is 0 Å². The van der Waals surface area contributed by atoms with E-state index in [0.29, 0.717) is 6.42 Å². The van der Waals surface area contributed by atoms with E-state index < -0.39 is 0 Å². The van der Waals surface area contributed by atoms with Crippen molar-refractivity contribution in [3.63, 3.8) is 0 Å². The van der Waals surface area contributed by atoms with Crippen molar-refractivity contribution in [2.24, 2.45) is 0 Å². The molecule has 0 aromatic carbocycles. The van der Waals surface area contributed by atoms with Crippen LogP contribution >= 0.6 is 12.6 Å². The molecule has 0 aliphatic heterocycles. The van der Waals surface area contributed by atoms with E-state index in [-0.39, 0.29) is 18.5 Å². The molecule has 0 fully saturated rings. The molecule has 44 valence electrons. The van der Waals surface area contributed by atoms with Crippen molar-refractivity contribution in [2.45, 2.75) is 11.7 Å². The lowest BCUT2D eigenvalue weighted by Crippen LogP contribution is -2.05. The maximum Gasteiger partial charge on any atom is 0.0548 e. The van der Waals surface area contributed by atoms with Gasteiger partial charge in [-0.3, -0.25) is 0 Å². The zero-order valence-corrected chi connectivity index (χ0v) is 4.93. The first-order chi connectivity index (χ1) is 3.31. The monoisotopic (exact) mass is 122 g/mol. The molecule has 1 unspecified atom stereocenters. The summed E-state index contributed by atoms with van der Waals surface area (Å²) in [6.07, 6.45) is 0.569. The summed E-state index contributed by atoms with van der Waals surface area (Å²) in [4.78, 5) is 0. The third-order valence-electron chi connectivity index (χ3n) is 0.673. The number of hydrogen-bond acceptors (Lipinski definition) is 3. The third-order valence-corrected chi connectivity index (χ3v) is 1.09. The fourth-order valence-corrected chi connectivity index (χ4v) is 0.356. The van der Waals surface area contributed by atoms with E-state index in [1.807, 2.05) is 0 Å². The Bertz CT molecular complexity index is 40.7. The van der Waals surface area contributed by atoms with Crippen LogP contribution in [0.25, 0.3) is 0 Å². The summed E-state index contributed by atoms with van der Waals surface area (Å²) >= 11 is 3.90. The Hall–Kier alpha value is 0.270. The van der Waals surface area contributed by atoms with Gasteiger partial charge in [-0.25, -0.2) is 0 Å². The van der Waals surface area contributed by atoms with Crippen molar-refractivity contribution in [2.75, 3.05) is 13.2 Å².